The zero-order valence-electron chi connectivity index (χ0n) is 17.1. The number of hydrogen-bond donors (Lipinski definition) is 2. The summed E-state index contributed by atoms with van der Waals surface area (Å²) in [5, 5.41) is 4.72. The van der Waals surface area contributed by atoms with Crippen LogP contribution >= 0.6 is 15.9 Å². The summed E-state index contributed by atoms with van der Waals surface area (Å²) >= 11 is 3.75. The van der Waals surface area contributed by atoms with Gasteiger partial charge in [-0.2, -0.15) is 0 Å². The van der Waals surface area contributed by atoms with Gasteiger partial charge in [0.2, 0.25) is 0 Å². The van der Waals surface area contributed by atoms with Gasteiger partial charge in [-0.3, -0.25) is 4.90 Å². The second-order valence-electron chi connectivity index (χ2n) is 8.11. The maximum atomic E-state index is 12.7. The summed E-state index contributed by atoms with van der Waals surface area (Å²) in [6.45, 7) is 9.84. The Labute approximate surface area is 176 Å². The Kier molecular flexibility index (Phi) is 5.70. The lowest BCUT2D eigenvalue weighted by atomic mass is 9.74. The van der Waals surface area contributed by atoms with Crippen LogP contribution in [0.15, 0.2) is 22.8 Å². The van der Waals surface area contributed by atoms with E-state index in [2.05, 4.69) is 56.3 Å². The molecule has 152 valence electrons. The molecule has 1 aliphatic carbocycles. The van der Waals surface area contributed by atoms with Crippen molar-refractivity contribution < 1.29 is 4.79 Å². The molecule has 2 amide bonds. The largest absolute Gasteiger partial charge is 0.349 e. The fourth-order valence-electron chi connectivity index (χ4n) is 5.27. The fraction of sp³-hybridized carbons (Fsp3) is 0.591. The Hall–Kier alpha value is -1.53. The Balaban J connectivity index is 1.66. The number of nitrogens with one attached hydrogen (secondary N) is 2. The smallest absolute Gasteiger partial charge is 0.317 e. The van der Waals surface area contributed by atoms with Crippen molar-refractivity contribution in [3.63, 3.8) is 0 Å². The summed E-state index contributed by atoms with van der Waals surface area (Å²) in [6, 6.07) is 7.40. The standard InChI is InChI=1S/C22H31BrN4O/c1-4-10-27-13-14(24-22(28)26(5-2)6-3)11-16-15-8-7-9-18-20(15)17(12-19(16)27)21(23)25-18/h7-9,14,16,19,25H,4-6,10-13H2,1-3H3,(H,24,28)/t14-,16?,19+/m0/s1. The first-order valence-electron chi connectivity index (χ1n) is 10.7. The number of halogens is 1. The molecule has 2 heterocycles. The van der Waals surface area contributed by atoms with E-state index < -0.39 is 0 Å². The summed E-state index contributed by atoms with van der Waals surface area (Å²) in [7, 11) is 0. The first-order valence-corrected chi connectivity index (χ1v) is 11.4. The number of aromatic amines is 1. The topological polar surface area (TPSA) is 51.4 Å². The highest BCUT2D eigenvalue weighted by Crippen LogP contribution is 2.45. The van der Waals surface area contributed by atoms with Crippen molar-refractivity contribution in [2.75, 3.05) is 26.2 Å². The SMILES string of the molecule is CCCN1C[C@@H](NC(=O)N(CC)CC)CC2c3cccc4[nH]c(Br)c(c34)C[C@H]21. The van der Waals surface area contributed by atoms with Gasteiger partial charge in [-0.15, -0.1) is 0 Å². The lowest BCUT2D eigenvalue weighted by Crippen LogP contribution is -2.57. The van der Waals surface area contributed by atoms with Crippen molar-refractivity contribution in [2.24, 2.45) is 0 Å². The third kappa shape index (κ3) is 3.35. The number of amides is 2. The second kappa shape index (κ2) is 8.07. The van der Waals surface area contributed by atoms with Crippen LogP contribution in [0.5, 0.6) is 0 Å². The van der Waals surface area contributed by atoms with Gasteiger partial charge >= 0.3 is 6.03 Å². The van der Waals surface area contributed by atoms with Gasteiger partial charge < -0.3 is 15.2 Å². The molecule has 0 radical (unpaired) electrons. The van der Waals surface area contributed by atoms with E-state index in [9.17, 15) is 4.79 Å². The first-order chi connectivity index (χ1) is 13.6. The Morgan fingerprint density at radius 1 is 1.32 bits per heavy atom. The highest BCUT2D eigenvalue weighted by atomic mass is 79.9. The number of piperidine rings is 1. The lowest BCUT2D eigenvalue weighted by Gasteiger charge is -2.47. The number of likely N-dealkylation sites (tertiary alicyclic amines) is 1. The van der Waals surface area contributed by atoms with Crippen molar-refractivity contribution >= 4 is 32.9 Å². The molecule has 4 rings (SSSR count). The molecule has 1 aromatic heterocycles. The number of urea groups is 1. The van der Waals surface area contributed by atoms with Crippen LogP contribution in [0.3, 0.4) is 0 Å². The average molecular weight is 447 g/mol. The Morgan fingerprint density at radius 3 is 2.82 bits per heavy atom. The van der Waals surface area contributed by atoms with Crippen LogP contribution in [0, 0.1) is 0 Å². The quantitative estimate of drug-likeness (QED) is 0.711. The van der Waals surface area contributed by atoms with Gasteiger partial charge in [-0.25, -0.2) is 4.79 Å². The van der Waals surface area contributed by atoms with Gasteiger partial charge in [0.25, 0.3) is 0 Å². The van der Waals surface area contributed by atoms with Crippen molar-refractivity contribution in [2.45, 2.75) is 58.0 Å². The maximum absolute atomic E-state index is 12.7. The van der Waals surface area contributed by atoms with Crippen LogP contribution in [0.1, 0.15) is 50.7 Å². The van der Waals surface area contributed by atoms with Gasteiger partial charge in [0, 0.05) is 48.5 Å². The minimum absolute atomic E-state index is 0.0731. The first kappa shape index (κ1) is 19.8. The minimum Gasteiger partial charge on any atom is -0.349 e. The molecular formula is C22H31BrN4O. The van der Waals surface area contributed by atoms with Crippen LogP contribution in [0.25, 0.3) is 10.9 Å². The summed E-state index contributed by atoms with van der Waals surface area (Å²) in [4.78, 5) is 20.7. The van der Waals surface area contributed by atoms with Crippen molar-refractivity contribution in [3.8, 4) is 0 Å². The van der Waals surface area contributed by atoms with E-state index in [4.69, 9.17) is 0 Å². The third-order valence-corrected chi connectivity index (χ3v) is 7.21. The average Bonchev–Trinajstić information content (AvgIpc) is 3.00. The molecule has 2 aromatic rings. The number of carbonyl (C=O) groups excluding carboxylic acids is 1. The number of nitrogens with zero attached hydrogens (tertiary/aromatic N) is 2. The molecule has 2 N–H and O–H groups in total. The maximum Gasteiger partial charge on any atom is 0.317 e. The molecule has 0 bridgehead atoms. The number of benzene rings is 1. The second-order valence-corrected chi connectivity index (χ2v) is 8.91. The van der Waals surface area contributed by atoms with Gasteiger partial charge in [0.15, 0.2) is 0 Å². The summed E-state index contributed by atoms with van der Waals surface area (Å²) in [6.07, 6.45) is 3.21. The molecule has 1 aliphatic heterocycles. The van der Waals surface area contributed by atoms with E-state index >= 15 is 0 Å². The predicted octanol–water partition coefficient (Wildman–Crippen LogP) is 4.47. The van der Waals surface area contributed by atoms with Crippen LogP contribution in [0.2, 0.25) is 0 Å². The van der Waals surface area contributed by atoms with E-state index in [1.807, 2.05) is 18.7 Å². The van der Waals surface area contributed by atoms with Crippen LogP contribution in [-0.4, -0.2) is 59.1 Å². The van der Waals surface area contributed by atoms with Crippen molar-refractivity contribution in [3.05, 3.63) is 33.9 Å². The molecule has 0 spiro atoms. The molecule has 3 atom stereocenters. The number of carbonyl (C=O) groups is 1. The molecule has 0 saturated carbocycles. The monoisotopic (exact) mass is 446 g/mol. The molecule has 28 heavy (non-hydrogen) atoms. The molecule has 6 heteroatoms. The normalized spacial score (nSPS) is 24.2. The predicted molar refractivity (Wildman–Crippen MR) is 118 cm³/mol. The molecular weight excluding hydrogens is 416 g/mol. The molecule has 1 saturated heterocycles. The van der Waals surface area contributed by atoms with Crippen LogP contribution in [0.4, 0.5) is 4.79 Å². The summed E-state index contributed by atoms with van der Waals surface area (Å²) in [5.41, 5.74) is 4.07. The van der Waals surface area contributed by atoms with Crippen LogP contribution < -0.4 is 5.32 Å². The zero-order valence-corrected chi connectivity index (χ0v) is 18.7. The van der Waals surface area contributed by atoms with E-state index in [-0.39, 0.29) is 12.1 Å². The van der Waals surface area contributed by atoms with E-state index in [1.54, 1.807) is 0 Å². The van der Waals surface area contributed by atoms with Gasteiger partial charge in [0.1, 0.15) is 0 Å². The van der Waals surface area contributed by atoms with Gasteiger partial charge in [-0.1, -0.05) is 19.1 Å². The van der Waals surface area contributed by atoms with Crippen molar-refractivity contribution in [1.82, 2.24) is 20.1 Å². The zero-order chi connectivity index (χ0) is 19.8. The molecule has 1 unspecified atom stereocenters. The fourth-order valence-corrected chi connectivity index (χ4v) is 5.84. The minimum atomic E-state index is 0.0731. The highest BCUT2D eigenvalue weighted by Gasteiger charge is 2.41. The van der Waals surface area contributed by atoms with E-state index in [0.717, 1.165) is 50.0 Å². The lowest BCUT2D eigenvalue weighted by molar-refractivity contribution is 0.0979. The van der Waals surface area contributed by atoms with E-state index in [1.165, 1.54) is 22.0 Å². The van der Waals surface area contributed by atoms with Crippen molar-refractivity contribution in [1.29, 1.82) is 0 Å². The molecule has 5 nitrogen and oxygen atoms in total. The number of hydrogen-bond acceptors (Lipinski definition) is 2. The summed E-state index contributed by atoms with van der Waals surface area (Å²) in [5.74, 6) is 0.459. The number of aromatic nitrogens is 1. The highest BCUT2D eigenvalue weighted by molar-refractivity contribution is 9.10. The van der Waals surface area contributed by atoms with E-state index in [0.29, 0.717) is 12.0 Å². The number of H-pyrrole nitrogens is 1. The Bertz CT molecular complexity index is 860. The Morgan fingerprint density at radius 2 is 2.11 bits per heavy atom. The van der Waals surface area contributed by atoms with Gasteiger partial charge in [-0.05, 0) is 72.8 Å². The molecule has 2 aliphatic rings. The molecule has 1 aromatic carbocycles. The number of fused-ring (bicyclic) bond motifs is 2. The van der Waals surface area contributed by atoms with Gasteiger partial charge in [0.05, 0.1) is 4.60 Å². The van der Waals surface area contributed by atoms with Crippen LogP contribution in [-0.2, 0) is 6.42 Å². The molecule has 1 fully saturated rings. The third-order valence-electron chi connectivity index (χ3n) is 6.54. The summed E-state index contributed by atoms with van der Waals surface area (Å²) < 4.78 is 1.13. The number of rotatable bonds is 5.